The van der Waals surface area contributed by atoms with Gasteiger partial charge in [0.05, 0.1) is 30.9 Å². The predicted molar refractivity (Wildman–Crippen MR) is 123 cm³/mol. The molecule has 0 aliphatic carbocycles. The van der Waals surface area contributed by atoms with Gasteiger partial charge in [-0.1, -0.05) is 30.3 Å². The molecule has 0 radical (unpaired) electrons. The smallest absolute Gasteiger partial charge is 0.417 e. The number of carbonyl (C=O) groups excluding carboxylic acids is 2. The molecule has 0 N–H and O–H groups in total. The van der Waals surface area contributed by atoms with Gasteiger partial charge in [-0.15, -0.1) is 0 Å². The van der Waals surface area contributed by atoms with E-state index in [1.165, 1.54) is 23.1 Å². The van der Waals surface area contributed by atoms with E-state index in [1.54, 1.807) is 4.90 Å². The average Bonchev–Trinajstić information content (AvgIpc) is 2.88. The Morgan fingerprint density at radius 3 is 2.17 bits per heavy atom. The first-order valence-electron chi connectivity index (χ1n) is 11.8. The van der Waals surface area contributed by atoms with E-state index in [4.69, 9.17) is 9.47 Å². The molecular weight excluding hydrogens is 461 g/mol. The largest absolute Gasteiger partial charge is 0.493 e. The Morgan fingerprint density at radius 1 is 0.886 bits per heavy atom. The van der Waals surface area contributed by atoms with Crippen LogP contribution in [0.4, 0.5) is 13.2 Å². The van der Waals surface area contributed by atoms with E-state index >= 15 is 0 Å². The van der Waals surface area contributed by atoms with Crippen LogP contribution >= 0.6 is 0 Å². The molecule has 0 aromatic heterocycles. The summed E-state index contributed by atoms with van der Waals surface area (Å²) in [6.45, 7) is 2.86. The summed E-state index contributed by atoms with van der Waals surface area (Å²) < 4.78 is 51.7. The summed E-state index contributed by atoms with van der Waals surface area (Å²) in [6, 6.07) is 14.1. The number of hydrogen-bond acceptors (Lipinski definition) is 4. The second-order valence-corrected chi connectivity index (χ2v) is 9.11. The fraction of sp³-hybridized carbons (Fsp3) is 0.462. The standard InChI is InChI=1S/C26H29F3N2O4/c27-26(28,29)22-9-5-4-8-21(22)24(33)31-12-10-25(11-13-31,19-35-20-6-2-1-3-7-20)18-23(32)30-14-16-34-17-15-30/h1-9H,10-19H2. The maximum atomic E-state index is 13.4. The van der Waals surface area contributed by atoms with Crippen molar-refractivity contribution in [1.29, 1.82) is 0 Å². The molecule has 2 aliphatic heterocycles. The topological polar surface area (TPSA) is 59.1 Å². The fourth-order valence-electron chi connectivity index (χ4n) is 4.64. The lowest BCUT2D eigenvalue weighted by Crippen LogP contribution is -2.49. The van der Waals surface area contributed by atoms with Crippen LogP contribution in [0.3, 0.4) is 0 Å². The van der Waals surface area contributed by atoms with Crippen molar-refractivity contribution in [2.75, 3.05) is 46.0 Å². The number of morpholine rings is 1. The number of likely N-dealkylation sites (tertiary alicyclic amines) is 1. The zero-order chi connectivity index (χ0) is 24.9. The quantitative estimate of drug-likeness (QED) is 0.608. The van der Waals surface area contributed by atoms with Crippen LogP contribution in [-0.2, 0) is 15.7 Å². The zero-order valence-electron chi connectivity index (χ0n) is 19.4. The lowest BCUT2D eigenvalue weighted by Gasteiger charge is -2.42. The normalized spacial score (nSPS) is 18.3. The Kier molecular flexibility index (Phi) is 7.64. The summed E-state index contributed by atoms with van der Waals surface area (Å²) in [6.07, 6.45) is -3.45. The molecule has 188 valence electrons. The number of hydrogen-bond donors (Lipinski definition) is 0. The second-order valence-electron chi connectivity index (χ2n) is 9.11. The second kappa shape index (κ2) is 10.7. The van der Waals surface area contributed by atoms with E-state index in [-0.39, 0.29) is 37.6 Å². The van der Waals surface area contributed by atoms with E-state index in [2.05, 4.69) is 0 Å². The highest BCUT2D eigenvalue weighted by Gasteiger charge is 2.41. The van der Waals surface area contributed by atoms with Gasteiger partial charge in [0.2, 0.25) is 5.91 Å². The Balaban J connectivity index is 1.48. The number of piperidine rings is 1. The molecule has 2 aromatic rings. The Labute approximate surface area is 202 Å². The van der Waals surface area contributed by atoms with Crippen LogP contribution in [0.1, 0.15) is 35.2 Å². The van der Waals surface area contributed by atoms with Crippen LogP contribution < -0.4 is 4.74 Å². The van der Waals surface area contributed by atoms with E-state index < -0.39 is 23.1 Å². The number of carbonyl (C=O) groups is 2. The summed E-state index contributed by atoms with van der Waals surface area (Å²) in [7, 11) is 0. The maximum absolute atomic E-state index is 13.4. The summed E-state index contributed by atoms with van der Waals surface area (Å²) in [5.41, 5.74) is -1.81. The molecule has 0 atom stereocenters. The number of halogens is 3. The molecule has 6 nitrogen and oxygen atoms in total. The van der Waals surface area contributed by atoms with Gasteiger partial charge < -0.3 is 19.3 Å². The first kappa shape index (κ1) is 25.0. The molecule has 2 aromatic carbocycles. The molecule has 2 aliphatic rings. The third kappa shape index (κ3) is 6.14. The molecule has 35 heavy (non-hydrogen) atoms. The van der Waals surface area contributed by atoms with Crippen LogP contribution in [0.25, 0.3) is 0 Å². The number of alkyl halides is 3. The van der Waals surface area contributed by atoms with Gasteiger partial charge in [0.15, 0.2) is 0 Å². The highest BCUT2D eigenvalue weighted by Crippen LogP contribution is 2.38. The number of ether oxygens (including phenoxy) is 2. The number of nitrogens with zero attached hydrogens (tertiary/aromatic N) is 2. The van der Waals surface area contributed by atoms with Gasteiger partial charge in [-0.3, -0.25) is 9.59 Å². The lowest BCUT2D eigenvalue weighted by molar-refractivity contribution is -0.140. The highest BCUT2D eigenvalue weighted by molar-refractivity contribution is 5.96. The molecule has 2 saturated heterocycles. The van der Waals surface area contributed by atoms with Crippen LogP contribution in [0.2, 0.25) is 0 Å². The summed E-state index contributed by atoms with van der Waals surface area (Å²) >= 11 is 0. The van der Waals surface area contributed by atoms with Crippen molar-refractivity contribution >= 4 is 11.8 Å². The summed E-state index contributed by atoms with van der Waals surface area (Å²) in [5, 5.41) is 0. The summed E-state index contributed by atoms with van der Waals surface area (Å²) in [5.74, 6) is 0.0467. The minimum Gasteiger partial charge on any atom is -0.493 e. The minimum atomic E-state index is -4.61. The number of amides is 2. The SMILES string of the molecule is O=C(CC1(COc2ccccc2)CCN(C(=O)c2ccccc2C(F)(F)F)CC1)N1CCOCC1. The summed E-state index contributed by atoms with van der Waals surface area (Å²) in [4.78, 5) is 29.3. The van der Waals surface area contributed by atoms with E-state index in [1.807, 2.05) is 30.3 Å². The molecule has 2 fully saturated rings. The monoisotopic (exact) mass is 490 g/mol. The molecule has 0 spiro atoms. The number of benzene rings is 2. The first-order valence-corrected chi connectivity index (χ1v) is 11.8. The molecule has 9 heteroatoms. The van der Waals surface area contributed by atoms with Crippen LogP contribution in [0, 0.1) is 5.41 Å². The van der Waals surface area contributed by atoms with Crippen molar-refractivity contribution in [3.8, 4) is 5.75 Å². The van der Waals surface area contributed by atoms with Crippen molar-refractivity contribution in [2.24, 2.45) is 5.41 Å². The first-order chi connectivity index (χ1) is 16.8. The number of rotatable bonds is 6. The highest BCUT2D eigenvalue weighted by atomic mass is 19.4. The molecule has 0 unspecified atom stereocenters. The van der Waals surface area contributed by atoms with Gasteiger partial charge in [-0.25, -0.2) is 0 Å². The maximum Gasteiger partial charge on any atom is 0.417 e. The predicted octanol–water partition coefficient (Wildman–Crippen LogP) is 4.26. The lowest BCUT2D eigenvalue weighted by atomic mass is 9.75. The number of para-hydroxylation sites is 1. The third-order valence-corrected chi connectivity index (χ3v) is 6.75. The fourth-order valence-corrected chi connectivity index (χ4v) is 4.64. The Hall–Kier alpha value is -3.07. The van der Waals surface area contributed by atoms with Gasteiger partial charge in [-0.2, -0.15) is 13.2 Å². The van der Waals surface area contributed by atoms with Crippen molar-refractivity contribution in [3.05, 3.63) is 65.7 Å². The van der Waals surface area contributed by atoms with Gasteiger partial charge in [-0.05, 0) is 37.1 Å². The minimum absolute atomic E-state index is 0.00663. The van der Waals surface area contributed by atoms with Gasteiger partial charge >= 0.3 is 6.18 Å². The zero-order valence-corrected chi connectivity index (χ0v) is 19.4. The average molecular weight is 491 g/mol. The molecule has 2 amide bonds. The van der Waals surface area contributed by atoms with Crippen LogP contribution in [-0.4, -0.2) is 67.6 Å². The molecule has 0 saturated carbocycles. The van der Waals surface area contributed by atoms with Crippen molar-refractivity contribution in [3.63, 3.8) is 0 Å². The van der Waals surface area contributed by atoms with Crippen LogP contribution in [0.15, 0.2) is 54.6 Å². The van der Waals surface area contributed by atoms with Gasteiger partial charge in [0.1, 0.15) is 5.75 Å². The van der Waals surface area contributed by atoms with E-state index in [9.17, 15) is 22.8 Å². The van der Waals surface area contributed by atoms with Crippen molar-refractivity contribution < 1.29 is 32.2 Å². The van der Waals surface area contributed by atoms with Crippen molar-refractivity contribution in [1.82, 2.24) is 9.80 Å². The van der Waals surface area contributed by atoms with E-state index in [0.717, 1.165) is 6.07 Å². The van der Waals surface area contributed by atoms with Gasteiger partial charge in [0.25, 0.3) is 5.91 Å². The Morgan fingerprint density at radius 2 is 1.51 bits per heavy atom. The molecule has 0 bridgehead atoms. The molecule has 2 heterocycles. The Bertz CT molecular complexity index is 1010. The third-order valence-electron chi connectivity index (χ3n) is 6.75. The van der Waals surface area contributed by atoms with Gasteiger partial charge in [0, 0.05) is 38.0 Å². The molecular formula is C26H29F3N2O4. The van der Waals surface area contributed by atoms with E-state index in [0.29, 0.717) is 44.9 Å². The molecule has 4 rings (SSSR count). The van der Waals surface area contributed by atoms with Crippen LogP contribution in [0.5, 0.6) is 5.75 Å². The van der Waals surface area contributed by atoms with Crippen molar-refractivity contribution in [2.45, 2.75) is 25.4 Å².